The van der Waals surface area contributed by atoms with Crippen LogP contribution in [0.1, 0.15) is 30.9 Å². The van der Waals surface area contributed by atoms with E-state index in [-0.39, 0.29) is 12.2 Å². The van der Waals surface area contributed by atoms with Gasteiger partial charge in [-0.1, -0.05) is 37.6 Å². The van der Waals surface area contributed by atoms with Gasteiger partial charge in [-0.2, -0.15) is 0 Å². The first-order valence-electron chi connectivity index (χ1n) is 10.4. The third kappa shape index (κ3) is 3.32. The third-order valence-corrected chi connectivity index (χ3v) is 5.94. The molecule has 2 aromatic carbocycles. The van der Waals surface area contributed by atoms with Gasteiger partial charge in [-0.3, -0.25) is 13.9 Å². The van der Waals surface area contributed by atoms with E-state index < -0.39 is 11.9 Å². The average Bonchev–Trinajstić information content (AvgIpc) is 3.18. The Bertz CT molecular complexity index is 1290. The Hall–Kier alpha value is -3.28. The number of imidazole rings is 1. The Morgan fingerprint density at radius 1 is 1.03 bits per heavy atom. The van der Waals surface area contributed by atoms with Crippen molar-refractivity contribution in [2.45, 2.75) is 39.8 Å². The van der Waals surface area contributed by atoms with Crippen LogP contribution in [0.3, 0.4) is 0 Å². The second kappa shape index (κ2) is 7.86. The molecule has 0 saturated heterocycles. The van der Waals surface area contributed by atoms with Crippen LogP contribution in [0.15, 0.2) is 53.5 Å². The van der Waals surface area contributed by atoms with E-state index in [1.807, 2.05) is 44.3 Å². The number of rotatable bonds is 7. The predicted octanol–water partition coefficient (Wildman–Crippen LogP) is 4.15. The molecule has 1 unspecified atom stereocenters. The highest BCUT2D eigenvalue weighted by atomic mass is 16.4. The molecule has 6 nitrogen and oxygen atoms in total. The van der Waals surface area contributed by atoms with Crippen LogP contribution in [0.5, 0.6) is 0 Å². The number of carbonyl (C=O) groups is 1. The summed E-state index contributed by atoms with van der Waals surface area (Å²) in [5.41, 5.74) is 4.84. The van der Waals surface area contributed by atoms with Gasteiger partial charge in [-0.05, 0) is 42.7 Å². The van der Waals surface area contributed by atoms with E-state index >= 15 is 0 Å². The van der Waals surface area contributed by atoms with Crippen molar-refractivity contribution in [2.75, 3.05) is 0 Å². The molecule has 30 heavy (non-hydrogen) atoms. The maximum atomic E-state index is 13.4. The van der Waals surface area contributed by atoms with Crippen LogP contribution < -0.4 is 5.69 Å². The molecule has 6 heteroatoms. The summed E-state index contributed by atoms with van der Waals surface area (Å²) in [7, 11) is 2.01. The zero-order valence-corrected chi connectivity index (χ0v) is 17.6. The fourth-order valence-electron chi connectivity index (χ4n) is 4.49. The number of aromatic nitrogens is 3. The number of benzene rings is 2. The van der Waals surface area contributed by atoms with Crippen LogP contribution >= 0.6 is 0 Å². The summed E-state index contributed by atoms with van der Waals surface area (Å²) in [5.74, 6) is -1.43. The molecule has 156 valence electrons. The molecule has 0 saturated carbocycles. The number of nitrogens with zero attached hydrogens (tertiary/aromatic N) is 3. The van der Waals surface area contributed by atoms with Crippen LogP contribution in [0.25, 0.3) is 21.9 Å². The molecule has 2 aromatic heterocycles. The van der Waals surface area contributed by atoms with Crippen molar-refractivity contribution < 1.29 is 9.90 Å². The number of aliphatic carboxylic acids is 1. The fraction of sp³-hybridized carbons (Fsp3) is 0.333. The van der Waals surface area contributed by atoms with E-state index in [9.17, 15) is 14.7 Å². The first-order chi connectivity index (χ1) is 14.4. The first kappa shape index (κ1) is 20.0. The minimum atomic E-state index is -0.856. The highest BCUT2D eigenvalue weighted by Crippen LogP contribution is 2.26. The number of aryl methyl sites for hydroxylation is 2. The Morgan fingerprint density at radius 3 is 2.37 bits per heavy atom. The molecule has 1 N–H and O–H groups in total. The van der Waals surface area contributed by atoms with E-state index in [0.717, 1.165) is 33.9 Å². The van der Waals surface area contributed by atoms with E-state index in [1.165, 1.54) is 5.56 Å². The van der Waals surface area contributed by atoms with Gasteiger partial charge in [-0.15, -0.1) is 0 Å². The molecule has 2 heterocycles. The normalized spacial score (nSPS) is 12.6. The van der Waals surface area contributed by atoms with Crippen molar-refractivity contribution in [1.29, 1.82) is 0 Å². The quantitative estimate of drug-likeness (QED) is 0.502. The molecule has 0 amide bonds. The standard InChI is InChI=1S/C24H27N3O3/c1-4-8-17(23(28)29)14-26-19-10-5-6-11-20(19)27(24(26)30)15-18-13-25(3)21-12-7-9-16(2)22(18)21/h5-7,9-13,17H,4,8,14-15H2,1-3H3,(H,28,29). The lowest BCUT2D eigenvalue weighted by Crippen LogP contribution is -2.29. The SMILES string of the molecule is CCCC(Cn1c(=O)n(Cc2cn(C)c3cccc(C)c23)c2ccccc21)C(=O)O. The van der Waals surface area contributed by atoms with Crippen LogP contribution in [0.2, 0.25) is 0 Å². The highest BCUT2D eigenvalue weighted by molar-refractivity contribution is 5.87. The van der Waals surface area contributed by atoms with E-state index in [4.69, 9.17) is 0 Å². The van der Waals surface area contributed by atoms with Crippen LogP contribution in [0.4, 0.5) is 0 Å². The topological polar surface area (TPSA) is 69.2 Å². The molecule has 0 aliphatic rings. The molecule has 0 aliphatic heterocycles. The number of carboxylic acids is 1. The lowest BCUT2D eigenvalue weighted by Gasteiger charge is -2.12. The predicted molar refractivity (Wildman–Crippen MR) is 119 cm³/mol. The van der Waals surface area contributed by atoms with Crippen molar-refractivity contribution in [3.63, 3.8) is 0 Å². The number of para-hydroxylation sites is 2. The Labute approximate surface area is 175 Å². The van der Waals surface area contributed by atoms with Crippen LogP contribution in [-0.4, -0.2) is 24.8 Å². The lowest BCUT2D eigenvalue weighted by atomic mass is 10.0. The Balaban J connectivity index is 1.84. The largest absolute Gasteiger partial charge is 0.481 e. The smallest absolute Gasteiger partial charge is 0.329 e. The van der Waals surface area contributed by atoms with Gasteiger partial charge in [-0.25, -0.2) is 4.79 Å². The van der Waals surface area contributed by atoms with Crippen LogP contribution in [-0.2, 0) is 24.9 Å². The fourth-order valence-corrected chi connectivity index (χ4v) is 4.49. The summed E-state index contributed by atoms with van der Waals surface area (Å²) >= 11 is 0. The summed E-state index contributed by atoms with van der Waals surface area (Å²) in [6, 6.07) is 13.8. The van der Waals surface area contributed by atoms with Crippen molar-refractivity contribution in [2.24, 2.45) is 13.0 Å². The van der Waals surface area contributed by atoms with E-state index in [0.29, 0.717) is 13.0 Å². The molecule has 0 bridgehead atoms. The van der Waals surface area contributed by atoms with E-state index in [2.05, 4.69) is 29.8 Å². The zero-order chi connectivity index (χ0) is 21.4. The van der Waals surface area contributed by atoms with Gasteiger partial charge >= 0.3 is 11.7 Å². The summed E-state index contributed by atoms with van der Waals surface area (Å²) < 4.78 is 5.48. The maximum absolute atomic E-state index is 13.4. The van der Waals surface area contributed by atoms with Crippen LogP contribution in [0, 0.1) is 12.8 Å². The molecule has 0 aliphatic carbocycles. The third-order valence-electron chi connectivity index (χ3n) is 5.94. The lowest BCUT2D eigenvalue weighted by molar-refractivity contribution is -0.142. The monoisotopic (exact) mass is 405 g/mol. The molecule has 4 rings (SSSR count). The molecule has 4 aromatic rings. The first-order valence-corrected chi connectivity index (χ1v) is 10.4. The molecular weight excluding hydrogens is 378 g/mol. The molecule has 0 radical (unpaired) electrons. The molecule has 0 fully saturated rings. The van der Waals surface area contributed by atoms with Gasteiger partial charge < -0.3 is 9.67 Å². The van der Waals surface area contributed by atoms with Crippen molar-refractivity contribution in [3.8, 4) is 0 Å². The Morgan fingerprint density at radius 2 is 1.70 bits per heavy atom. The zero-order valence-electron chi connectivity index (χ0n) is 17.6. The summed E-state index contributed by atoms with van der Waals surface area (Å²) in [4.78, 5) is 25.1. The van der Waals surface area contributed by atoms with Gasteiger partial charge in [0.1, 0.15) is 0 Å². The van der Waals surface area contributed by atoms with Crippen molar-refractivity contribution in [1.82, 2.24) is 13.7 Å². The second-order valence-electron chi connectivity index (χ2n) is 8.03. The summed E-state index contributed by atoms with van der Waals surface area (Å²) in [6.45, 7) is 4.68. The average molecular weight is 405 g/mol. The van der Waals surface area contributed by atoms with Gasteiger partial charge in [0.25, 0.3) is 0 Å². The maximum Gasteiger partial charge on any atom is 0.329 e. The van der Waals surface area contributed by atoms with E-state index in [1.54, 1.807) is 9.13 Å². The summed E-state index contributed by atoms with van der Waals surface area (Å²) in [6.07, 6.45) is 3.39. The molecule has 1 atom stereocenters. The highest BCUT2D eigenvalue weighted by Gasteiger charge is 2.22. The number of hydrogen-bond donors (Lipinski definition) is 1. The second-order valence-corrected chi connectivity index (χ2v) is 8.03. The van der Waals surface area contributed by atoms with Gasteiger partial charge in [0.2, 0.25) is 0 Å². The summed E-state index contributed by atoms with van der Waals surface area (Å²) in [5, 5.41) is 10.8. The van der Waals surface area contributed by atoms with Gasteiger partial charge in [0.15, 0.2) is 0 Å². The number of hydrogen-bond acceptors (Lipinski definition) is 2. The molecule has 0 spiro atoms. The minimum Gasteiger partial charge on any atom is -0.481 e. The van der Waals surface area contributed by atoms with Crippen molar-refractivity contribution in [3.05, 3.63) is 70.3 Å². The number of carboxylic acid groups (broad SMARTS) is 1. The van der Waals surface area contributed by atoms with Crippen molar-refractivity contribution >= 4 is 27.9 Å². The minimum absolute atomic E-state index is 0.163. The van der Waals surface area contributed by atoms with Gasteiger partial charge in [0, 0.05) is 30.7 Å². The number of fused-ring (bicyclic) bond motifs is 2. The molecular formula is C24H27N3O3. The van der Waals surface area contributed by atoms with Gasteiger partial charge in [0.05, 0.1) is 23.5 Å². The Kier molecular flexibility index (Phi) is 5.24.